The maximum atomic E-state index is 11.0. The summed E-state index contributed by atoms with van der Waals surface area (Å²) in [5.74, 6) is 2.27. The molecule has 6 nitrogen and oxygen atoms in total. The summed E-state index contributed by atoms with van der Waals surface area (Å²) in [6, 6.07) is 13.6. The van der Waals surface area contributed by atoms with Crippen molar-refractivity contribution >= 4 is 11.6 Å². The zero-order valence-corrected chi connectivity index (χ0v) is 14.0. The van der Waals surface area contributed by atoms with Gasteiger partial charge in [-0.3, -0.25) is 9.69 Å². The fraction of sp³-hybridized carbons (Fsp3) is 0.316. The number of amides is 1. The van der Waals surface area contributed by atoms with Crippen molar-refractivity contribution in [2.45, 2.75) is 19.6 Å². The number of anilines is 1. The van der Waals surface area contributed by atoms with Gasteiger partial charge in [-0.15, -0.1) is 0 Å². The van der Waals surface area contributed by atoms with Gasteiger partial charge in [0.1, 0.15) is 11.9 Å². The van der Waals surface area contributed by atoms with Crippen LogP contribution in [0.5, 0.6) is 17.2 Å². The van der Waals surface area contributed by atoms with Crippen LogP contribution in [0, 0.1) is 0 Å². The van der Waals surface area contributed by atoms with E-state index in [0.717, 1.165) is 42.6 Å². The second kappa shape index (κ2) is 6.64. The molecule has 1 fully saturated rings. The molecule has 0 aliphatic carbocycles. The van der Waals surface area contributed by atoms with Gasteiger partial charge in [0.25, 0.3) is 0 Å². The Bertz CT molecular complexity index is 769. The first-order valence-corrected chi connectivity index (χ1v) is 8.31. The van der Waals surface area contributed by atoms with Crippen LogP contribution >= 0.6 is 0 Å². The van der Waals surface area contributed by atoms with E-state index in [4.69, 9.17) is 14.2 Å². The van der Waals surface area contributed by atoms with Crippen molar-refractivity contribution in [3.63, 3.8) is 0 Å². The average molecular weight is 340 g/mol. The fourth-order valence-corrected chi connectivity index (χ4v) is 3.02. The van der Waals surface area contributed by atoms with E-state index in [1.807, 2.05) is 42.5 Å². The molecular weight excluding hydrogens is 320 g/mol. The van der Waals surface area contributed by atoms with E-state index in [9.17, 15) is 4.79 Å². The Hall–Kier alpha value is -2.73. The largest absolute Gasteiger partial charge is 0.488 e. The van der Waals surface area contributed by atoms with Crippen molar-refractivity contribution in [1.29, 1.82) is 0 Å². The standard InChI is InChI=1S/C19H20N2O4/c1-13(22)20-15-4-2-14(3-5-15)9-21-10-17(11-21)25-16-6-7-18-19(8-16)24-12-23-18/h2-8,17H,9-12H2,1H3,(H,20,22). The van der Waals surface area contributed by atoms with Crippen molar-refractivity contribution < 1.29 is 19.0 Å². The van der Waals surface area contributed by atoms with E-state index in [1.54, 1.807) is 0 Å². The molecule has 2 aliphatic heterocycles. The SMILES string of the molecule is CC(=O)Nc1ccc(CN2CC(Oc3ccc4c(c3)OCO4)C2)cc1. The van der Waals surface area contributed by atoms with Gasteiger partial charge in [0.15, 0.2) is 11.5 Å². The number of nitrogens with zero attached hydrogens (tertiary/aromatic N) is 1. The smallest absolute Gasteiger partial charge is 0.231 e. The second-order valence-corrected chi connectivity index (χ2v) is 6.33. The van der Waals surface area contributed by atoms with E-state index in [-0.39, 0.29) is 18.8 Å². The molecule has 25 heavy (non-hydrogen) atoms. The van der Waals surface area contributed by atoms with Crippen LogP contribution < -0.4 is 19.5 Å². The van der Waals surface area contributed by atoms with Gasteiger partial charge in [-0.2, -0.15) is 0 Å². The predicted molar refractivity (Wildman–Crippen MR) is 93.0 cm³/mol. The van der Waals surface area contributed by atoms with Gasteiger partial charge in [-0.1, -0.05) is 12.1 Å². The maximum Gasteiger partial charge on any atom is 0.231 e. The number of hydrogen-bond acceptors (Lipinski definition) is 5. The van der Waals surface area contributed by atoms with Gasteiger partial charge in [-0.25, -0.2) is 0 Å². The number of hydrogen-bond donors (Lipinski definition) is 1. The first-order valence-electron chi connectivity index (χ1n) is 8.31. The van der Waals surface area contributed by atoms with Crippen LogP contribution in [-0.4, -0.2) is 36.8 Å². The third-order valence-corrected chi connectivity index (χ3v) is 4.25. The van der Waals surface area contributed by atoms with Gasteiger partial charge in [0.2, 0.25) is 12.7 Å². The molecule has 2 aromatic rings. The molecule has 130 valence electrons. The summed E-state index contributed by atoms with van der Waals surface area (Å²) in [6.07, 6.45) is 0.194. The van der Waals surface area contributed by atoms with Crippen molar-refractivity contribution in [1.82, 2.24) is 4.90 Å². The van der Waals surface area contributed by atoms with E-state index < -0.39 is 0 Å². The monoisotopic (exact) mass is 340 g/mol. The van der Waals surface area contributed by atoms with Crippen molar-refractivity contribution in [2.75, 3.05) is 25.2 Å². The Labute approximate surface area is 146 Å². The molecule has 0 radical (unpaired) electrons. The zero-order chi connectivity index (χ0) is 17.2. The lowest BCUT2D eigenvalue weighted by Crippen LogP contribution is -2.53. The van der Waals surface area contributed by atoms with Gasteiger partial charge >= 0.3 is 0 Å². The molecule has 2 aromatic carbocycles. The number of ether oxygens (including phenoxy) is 3. The number of fused-ring (bicyclic) bond motifs is 1. The summed E-state index contributed by atoms with van der Waals surface area (Å²) in [6.45, 7) is 4.44. The minimum atomic E-state index is -0.0565. The van der Waals surface area contributed by atoms with Crippen molar-refractivity contribution in [3.8, 4) is 17.2 Å². The van der Waals surface area contributed by atoms with Gasteiger partial charge in [0.05, 0.1) is 0 Å². The molecule has 0 atom stereocenters. The molecule has 1 N–H and O–H groups in total. The Balaban J connectivity index is 1.25. The minimum absolute atomic E-state index is 0.0565. The fourth-order valence-electron chi connectivity index (χ4n) is 3.02. The van der Waals surface area contributed by atoms with Crippen LogP contribution in [0.3, 0.4) is 0 Å². The van der Waals surface area contributed by atoms with Gasteiger partial charge < -0.3 is 19.5 Å². The highest BCUT2D eigenvalue weighted by atomic mass is 16.7. The molecule has 6 heteroatoms. The maximum absolute atomic E-state index is 11.0. The lowest BCUT2D eigenvalue weighted by Gasteiger charge is -2.39. The van der Waals surface area contributed by atoms with Crippen molar-refractivity contribution in [2.24, 2.45) is 0 Å². The molecule has 2 aliphatic rings. The van der Waals surface area contributed by atoms with E-state index in [2.05, 4.69) is 10.2 Å². The number of rotatable bonds is 5. The topological polar surface area (TPSA) is 60.0 Å². The lowest BCUT2D eigenvalue weighted by molar-refractivity contribution is -0.114. The highest BCUT2D eigenvalue weighted by molar-refractivity contribution is 5.88. The van der Waals surface area contributed by atoms with E-state index in [0.29, 0.717) is 0 Å². The first-order chi connectivity index (χ1) is 12.2. The molecule has 1 saturated heterocycles. The average Bonchev–Trinajstić information content (AvgIpc) is 3.01. The van der Waals surface area contributed by atoms with Gasteiger partial charge in [0, 0.05) is 38.3 Å². The Kier molecular flexibility index (Phi) is 4.19. The molecule has 1 amide bonds. The van der Waals surface area contributed by atoms with Crippen LogP contribution in [0.4, 0.5) is 5.69 Å². The number of nitrogens with one attached hydrogen (secondary N) is 1. The van der Waals surface area contributed by atoms with E-state index in [1.165, 1.54) is 12.5 Å². The lowest BCUT2D eigenvalue weighted by atomic mass is 10.1. The molecule has 0 spiro atoms. The van der Waals surface area contributed by atoms with Crippen LogP contribution in [0.1, 0.15) is 12.5 Å². The van der Waals surface area contributed by atoms with Crippen LogP contribution in [0.25, 0.3) is 0 Å². The highest BCUT2D eigenvalue weighted by Gasteiger charge is 2.28. The number of benzene rings is 2. The number of carbonyl (C=O) groups excluding carboxylic acids is 1. The zero-order valence-electron chi connectivity index (χ0n) is 14.0. The van der Waals surface area contributed by atoms with E-state index >= 15 is 0 Å². The van der Waals surface area contributed by atoms with Crippen molar-refractivity contribution in [3.05, 3.63) is 48.0 Å². The Morgan fingerprint density at radius 1 is 1.16 bits per heavy atom. The first kappa shape index (κ1) is 15.8. The van der Waals surface area contributed by atoms with Crippen LogP contribution in [-0.2, 0) is 11.3 Å². The molecule has 0 unspecified atom stereocenters. The van der Waals surface area contributed by atoms with Crippen LogP contribution in [0.15, 0.2) is 42.5 Å². The molecule has 0 saturated carbocycles. The summed E-state index contributed by atoms with van der Waals surface area (Å²) >= 11 is 0. The summed E-state index contributed by atoms with van der Waals surface area (Å²) < 4.78 is 16.7. The molecule has 0 aromatic heterocycles. The molecular formula is C19H20N2O4. The second-order valence-electron chi connectivity index (χ2n) is 6.33. The third-order valence-electron chi connectivity index (χ3n) is 4.25. The molecule has 4 rings (SSSR count). The Morgan fingerprint density at radius 3 is 2.68 bits per heavy atom. The number of likely N-dealkylation sites (tertiary alicyclic amines) is 1. The number of carbonyl (C=O) groups is 1. The molecule has 2 heterocycles. The predicted octanol–water partition coefficient (Wildman–Crippen LogP) is 2.64. The normalized spacial score (nSPS) is 16.4. The summed E-state index contributed by atoms with van der Waals surface area (Å²) in [5.41, 5.74) is 2.04. The summed E-state index contributed by atoms with van der Waals surface area (Å²) in [7, 11) is 0. The van der Waals surface area contributed by atoms with Gasteiger partial charge in [-0.05, 0) is 29.8 Å². The quantitative estimate of drug-likeness (QED) is 0.907. The Morgan fingerprint density at radius 2 is 1.92 bits per heavy atom. The molecule has 0 bridgehead atoms. The summed E-state index contributed by atoms with van der Waals surface area (Å²) in [5, 5.41) is 2.77. The summed E-state index contributed by atoms with van der Waals surface area (Å²) in [4.78, 5) is 13.4. The minimum Gasteiger partial charge on any atom is -0.488 e. The van der Waals surface area contributed by atoms with Crippen LogP contribution in [0.2, 0.25) is 0 Å². The highest BCUT2D eigenvalue weighted by Crippen LogP contribution is 2.35. The third kappa shape index (κ3) is 3.69.